The largest absolute Gasteiger partial charge is 0.348 e. The summed E-state index contributed by atoms with van der Waals surface area (Å²) < 4.78 is 11.3. The highest BCUT2D eigenvalue weighted by atomic mass is 16.7. The van der Waals surface area contributed by atoms with Gasteiger partial charge in [0.2, 0.25) is 0 Å². The van der Waals surface area contributed by atoms with Crippen LogP contribution >= 0.6 is 0 Å². The molecule has 80 valence electrons. The van der Waals surface area contributed by atoms with E-state index in [2.05, 4.69) is 6.92 Å². The molecular formula is C11H19NO2. The van der Waals surface area contributed by atoms with Crippen molar-refractivity contribution in [1.29, 1.82) is 5.41 Å². The summed E-state index contributed by atoms with van der Waals surface area (Å²) in [6.45, 7) is 3.65. The van der Waals surface area contributed by atoms with Gasteiger partial charge in [0, 0.05) is 24.5 Å². The number of hydrogen-bond donors (Lipinski definition) is 1. The maximum Gasteiger partial charge on any atom is 0.168 e. The van der Waals surface area contributed by atoms with E-state index in [0.717, 1.165) is 45.3 Å². The lowest BCUT2D eigenvalue weighted by atomic mass is 9.71. The minimum atomic E-state index is -0.276. The Morgan fingerprint density at radius 1 is 1.14 bits per heavy atom. The van der Waals surface area contributed by atoms with Crippen molar-refractivity contribution in [1.82, 2.24) is 0 Å². The van der Waals surface area contributed by atoms with Gasteiger partial charge in [0.25, 0.3) is 0 Å². The Morgan fingerprint density at radius 3 is 2.14 bits per heavy atom. The van der Waals surface area contributed by atoms with Gasteiger partial charge in [0.05, 0.1) is 13.2 Å². The molecule has 0 radical (unpaired) electrons. The maximum absolute atomic E-state index is 7.50. The van der Waals surface area contributed by atoms with Gasteiger partial charge in [0.1, 0.15) is 0 Å². The fraction of sp³-hybridized carbons (Fsp3) is 0.909. The molecule has 1 aliphatic heterocycles. The molecule has 0 bridgehead atoms. The van der Waals surface area contributed by atoms with Crippen molar-refractivity contribution < 1.29 is 9.47 Å². The van der Waals surface area contributed by atoms with Crippen LogP contribution in [-0.2, 0) is 9.47 Å². The smallest absolute Gasteiger partial charge is 0.168 e. The normalized spacial score (nSPS) is 29.2. The monoisotopic (exact) mass is 197 g/mol. The first-order valence-electron chi connectivity index (χ1n) is 5.54. The summed E-state index contributed by atoms with van der Waals surface area (Å²) in [5.74, 6) is -0.276. The van der Waals surface area contributed by atoms with Crippen molar-refractivity contribution in [2.45, 2.75) is 44.8 Å². The summed E-state index contributed by atoms with van der Waals surface area (Å²) in [5, 5.41) is 7.50. The van der Waals surface area contributed by atoms with Crippen molar-refractivity contribution in [2.75, 3.05) is 13.2 Å². The molecule has 0 atom stereocenters. The molecule has 1 saturated carbocycles. The zero-order chi connectivity index (χ0) is 10.1. The number of hydrogen-bond acceptors (Lipinski definition) is 3. The highest BCUT2D eigenvalue weighted by Gasteiger charge is 2.44. The van der Waals surface area contributed by atoms with Gasteiger partial charge in [-0.15, -0.1) is 0 Å². The third kappa shape index (κ3) is 1.59. The summed E-state index contributed by atoms with van der Waals surface area (Å²) in [6, 6.07) is 0. The van der Waals surface area contributed by atoms with E-state index in [1.165, 1.54) is 0 Å². The average molecular weight is 197 g/mol. The van der Waals surface area contributed by atoms with Crippen LogP contribution < -0.4 is 0 Å². The minimum absolute atomic E-state index is 0.126. The molecule has 1 saturated heterocycles. The Kier molecular flexibility index (Phi) is 2.62. The van der Waals surface area contributed by atoms with Crippen LogP contribution in [0.2, 0.25) is 0 Å². The molecule has 1 N–H and O–H groups in total. The Bertz CT molecular complexity index is 211. The van der Waals surface area contributed by atoms with Crippen LogP contribution in [0, 0.1) is 10.8 Å². The molecular weight excluding hydrogens is 178 g/mol. The van der Waals surface area contributed by atoms with E-state index in [4.69, 9.17) is 14.9 Å². The number of ether oxygens (including phenoxy) is 2. The lowest BCUT2D eigenvalue weighted by Gasteiger charge is -2.41. The summed E-state index contributed by atoms with van der Waals surface area (Å²) in [5.41, 5.74) is 0.126. The molecule has 2 aliphatic rings. The molecule has 0 unspecified atom stereocenters. The topological polar surface area (TPSA) is 42.3 Å². The fourth-order valence-corrected chi connectivity index (χ4v) is 2.51. The summed E-state index contributed by atoms with van der Waals surface area (Å²) >= 11 is 0. The SMILES string of the molecule is CCC1(C=N)CCC2(CC1)OCCO2. The predicted molar refractivity (Wildman–Crippen MR) is 54.6 cm³/mol. The van der Waals surface area contributed by atoms with E-state index in [-0.39, 0.29) is 11.2 Å². The fourth-order valence-electron chi connectivity index (χ4n) is 2.51. The molecule has 1 heterocycles. The third-order valence-corrected chi connectivity index (χ3v) is 3.83. The molecule has 3 heteroatoms. The summed E-state index contributed by atoms with van der Waals surface area (Å²) in [7, 11) is 0. The van der Waals surface area contributed by atoms with Crippen molar-refractivity contribution >= 4 is 6.21 Å². The van der Waals surface area contributed by atoms with Crippen LogP contribution in [0.5, 0.6) is 0 Å². The molecule has 2 rings (SSSR count). The van der Waals surface area contributed by atoms with Crippen LogP contribution in [0.25, 0.3) is 0 Å². The average Bonchev–Trinajstić information content (AvgIpc) is 2.69. The molecule has 0 amide bonds. The van der Waals surface area contributed by atoms with Gasteiger partial charge >= 0.3 is 0 Å². The predicted octanol–water partition coefficient (Wildman–Crippen LogP) is 2.35. The van der Waals surface area contributed by atoms with Crippen LogP contribution in [0.4, 0.5) is 0 Å². The third-order valence-electron chi connectivity index (χ3n) is 3.83. The Balaban J connectivity index is 2.00. The zero-order valence-electron chi connectivity index (χ0n) is 8.84. The highest BCUT2D eigenvalue weighted by molar-refractivity contribution is 5.62. The summed E-state index contributed by atoms with van der Waals surface area (Å²) in [4.78, 5) is 0. The minimum Gasteiger partial charge on any atom is -0.348 e. The van der Waals surface area contributed by atoms with E-state index in [9.17, 15) is 0 Å². The van der Waals surface area contributed by atoms with Gasteiger partial charge in [-0.3, -0.25) is 0 Å². The van der Waals surface area contributed by atoms with Crippen molar-refractivity contribution in [3.63, 3.8) is 0 Å². The first kappa shape index (κ1) is 10.1. The van der Waals surface area contributed by atoms with Crippen LogP contribution in [0.1, 0.15) is 39.0 Å². The van der Waals surface area contributed by atoms with E-state index < -0.39 is 0 Å². The number of rotatable bonds is 2. The zero-order valence-corrected chi connectivity index (χ0v) is 8.84. The lowest BCUT2D eigenvalue weighted by Crippen LogP contribution is -2.40. The Labute approximate surface area is 85.3 Å². The molecule has 0 aromatic carbocycles. The lowest BCUT2D eigenvalue weighted by molar-refractivity contribution is -0.186. The number of nitrogens with one attached hydrogen (secondary N) is 1. The second kappa shape index (κ2) is 3.63. The van der Waals surface area contributed by atoms with E-state index >= 15 is 0 Å². The quantitative estimate of drug-likeness (QED) is 0.690. The van der Waals surface area contributed by atoms with Crippen molar-refractivity contribution in [2.24, 2.45) is 5.41 Å². The standard InChI is InChI=1S/C11H19NO2/c1-2-10(9-12)3-5-11(6-4-10)13-7-8-14-11/h9,12H,2-8H2,1H3. The molecule has 1 spiro atoms. The highest BCUT2D eigenvalue weighted by Crippen LogP contribution is 2.45. The van der Waals surface area contributed by atoms with Crippen LogP contribution in [0.15, 0.2) is 0 Å². The van der Waals surface area contributed by atoms with Crippen molar-refractivity contribution in [3.05, 3.63) is 0 Å². The second-order valence-corrected chi connectivity index (χ2v) is 4.47. The van der Waals surface area contributed by atoms with E-state index in [0.29, 0.717) is 0 Å². The van der Waals surface area contributed by atoms with Gasteiger partial charge in [-0.2, -0.15) is 0 Å². The summed E-state index contributed by atoms with van der Waals surface area (Å²) in [6.07, 6.45) is 6.67. The van der Waals surface area contributed by atoms with Gasteiger partial charge in [-0.05, 0) is 19.3 Å². The van der Waals surface area contributed by atoms with Gasteiger partial charge in [0.15, 0.2) is 5.79 Å². The maximum atomic E-state index is 7.50. The first-order chi connectivity index (χ1) is 6.74. The first-order valence-corrected chi connectivity index (χ1v) is 5.54. The van der Waals surface area contributed by atoms with Gasteiger partial charge < -0.3 is 14.9 Å². The molecule has 0 aromatic rings. The van der Waals surface area contributed by atoms with E-state index in [1.807, 2.05) is 0 Å². The van der Waals surface area contributed by atoms with Gasteiger partial charge in [-0.1, -0.05) is 6.92 Å². The van der Waals surface area contributed by atoms with Crippen LogP contribution in [-0.4, -0.2) is 25.2 Å². The van der Waals surface area contributed by atoms with Crippen molar-refractivity contribution in [3.8, 4) is 0 Å². The molecule has 3 nitrogen and oxygen atoms in total. The van der Waals surface area contributed by atoms with Gasteiger partial charge in [-0.25, -0.2) is 0 Å². The molecule has 14 heavy (non-hydrogen) atoms. The van der Waals surface area contributed by atoms with Crippen LogP contribution in [0.3, 0.4) is 0 Å². The second-order valence-electron chi connectivity index (χ2n) is 4.47. The van der Waals surface area contributed by atoms with E-state index in [1.54, 1.807) is 6.21 Å². The molecule has 1 aliphatic carbocycles. The molecule has 2 fully saturated rings. The molecule has 0 aromatic heterocycles. The Morgan fingerprint density at radius 2 is 1.71 bits per heavy atom. The Hall–Kier alpha value is -0.410.